The van der Waals surface area contributed by atoms with Gasteiger partial charge in [-0.15, -0.1) is 0 Å². The first-order valence-corrected chi connectivity index (χ1v) is 4.79. The van der Waals surface area contributed by atoms with Gasteiger partial charge in [0.05, 0.1) is 5.75 Å². The molecule has 0 fully saturated rings. The van der Waals surface area contributed by atoms with Crippen molar-refractivity contribution in [2.75, 3.05) is 12.3 Å². The molecular weight excluding hydrogens is 182 g/mol. The van der Waals surface area contributed by atoms with E-state index < -0.39 is 16.1 Å². The van der Waals surface area contributed by atoms with Crippen molar-refractivity contribution in [2.45, 2.75) is 6.92 Å². The third-order valence-corrected chi connectivity index (χ3v) is 2.06. The SMILES string of the molecule is C=C(C)C(=O)OS(=O)(=O)CCN. The lowest BCUT2D eigenvalue weighted by molar-refractivity contribution is -0.129. The maximum absolute atomic E-state index is 10.8. The summed E-state index contributed by atoms with van der Waals surface area (Å²) in [5, 5.41) is 0. The molecule has 0 aromatic carbocycles. The normalized spacial score (nSPS) is 10.8. The number of rotatable bonds is 4. The minimum Gasteiger partial charge on any atom is -0.342 e. The quantitative estimate of drug-likeness (QED) is 0.475. The zero-order valence-corrected chi connectivity index (χ0v) is 7.56. The standard InChI is InChI=1S/C6H11NO4S/c1-5(2)6(8)11-12(9,10)4-3-7/h1,3-4,7H2,2H3. The van der Waals surface area contributed by atoms with Gasteiger partial charge in [-0.2, -0.15) is 8.42 Å². The van der Waals surface area contributed by atoms with Gasteiger partial charge in [0.2, 0.25) is 0 Å². The summed E-state index contributed by atoms with van der Waals surface area (Å²) < 4.78 is 25.7. The number of carbonyl (C=O) groups is 1. The summed E-state index contributed by atoms with van der Waals surface area (Å²) in [4.78, 5) is 10.7. The zero-order valence-electron chi connectivity index (χ0n) is 6.74. The summed E-state index contributed by atoms with van der Waals surface area (Å²) in [5.41, 5.74) is 5.01. The van der Waals surface area contributed by atoms with Gasteiger partial charge in [-0.25, -0.2) is 4.79 Å². The van der Waals surface area contributed by atoms with Crippen LogP contribution < -0.4 is 5.73 Å². The van der Waals surface area contributed by atoms with Crippen LogP contribution in [0, 0.1) is 0 Å². The molecule has 0 saturated heterocycles. The summed E-state index contributed by atoms with van der Waals surface area (Å²) >= 11 is 0. The highest BCUT2D eigenvalue weighted by atomic mass is 32.2. The first kappa shape index (κ1) is 11.1. The van der Waals surface area contributed by atoms with Crippen LogP contribution in [0.15, 0.2) is 12.2 Å². The lowest BCUT2D eigenvalue weighted by Gasteiger charge is -2.02. The predicted molar refractivity (Wildman–Crippen MR) is 43.7 cm³/mol. The second-order valence-corrected chi connectivity index (χ2v) is 3.89. The maximum atomic E-state index is 10.8. The summed E-state index contributed by atoms with van der Waals surface area (Å²) in [6, 6.07) is 0. The van der Waals surface area contributed by atoms with Crippen LogP contribution in [0.25, 0.3) is 0 Å². The zero-order chi connectivity index (χ0) is 9.78. The fraction of sp³-hybridized carbons (Fsp3) is 0.500. The fourth-order valence-corrected chi connectivity index (χ4v) is 1.12. The minimum atomic E-state index is -3.81. The minimum absolute atomic E-state index is 0.0376. The Morgan fingerprint density at radius 2 is 2.08 bits per heavy atom. The Kier molecular flexibility index (Phi) is 3.91. The van der Waals surface area contributed by atoms with Gasteiger partial charge in [0.15, 0.2) is 0 Å². The molecule has 2 N–H and O–H groups in total. The van der Waals surface area contributed by atoms with E-state index in [0.717, 1.165) is 0 Å². The van der Waals surface area contributed by atoms with Crippen molar-refractivity contribution in [3.63, 3.8) is 0 Å². The maximum Gasteiger partial charge on any atom is 0.348 e. The molecular formula is C6H11NO4S. The highest BCUT2D eigenvalue weighted by Crippen LogP contribution is 1.98. The van der Waals surface area contributed by atoms with Gasteiger partial charge in [0, 0.05) is 12.1 Å². The molecule has 0 atom stereocenters. The van der Waals surface area contributed by atoms with Gasteiger partial charge < -0.3 is 9.92 Å². The van der Waals surface area contributed by atoms with Crippen molar-refractivity contribution in [2.24, 2.45) is 5.73 Å². The Bertz CT molecular complexity index is 280. The molecule has 0 amide bonds. The van der Waals surface area contributed by atoms with Gasteiger partial charge in [-0.3, -0.25) is 0 Å². The van der Waals surface area contributed by atoms with Gasteiger partial charge in [-0.05, 0) is 6.92 Å². The van der Waals surface area contributed by atoms with E-state index >= 15 is 0 Å². The van der Waals surface area contributed by atoms with Crippen LogP contribution in [0.3, 0.4) is 0 Å². The average molecular weight is 193 g/mol. The van der Waals surface area contributed by atoms with Crippen LogP contribution in [0.5, 0.6) is 0 Å². The molecule has 0 radical (unpaired) electrons. The summed E-state index contributed by atoms with van der Waals surface area (Å²) in [7, 11) is -3.81. The van der Waals surface area contributed by atoms with Gasteiger partial charge in [0.25, 0.3) is 0 Å². The molecule has 5 nitrogen and oxygen atoms in total. The third kappa shape index (κ3) is 4.09. The summed E-state index contributed by atoms with van der Waals surface area (Å²) in [6.45, 7) is 4.51. The van der Waals surface area contributed by atoms with Gasteiger partial charge >= 0.3 is 16.1 Å². The van der Waals surface area contributed by atoms with Crippen molar-refractivity contribution in [1.82, 2.24) is 0 Å². The molecule has 0 heterocycles. The van der Waals surface area contributed by atoms with Crippen LogP contribution in [-0.2, 0) is 19.1 Å². The van der Waals surface area contributed by atoms with E-state index in [2.05, 4.69) is 10.8 Å². The topological polar surface area (TPSA) is 86.5 Å². The Hall–Kier alpha value is -0.880. The lowest BCUT2D eigenvalue weighted by Crippen LogP contribution is -2.21. The Morgan fingerprint density at radius 3 is 2.42 bits per heavy atom. The Morgan fingerprint density at radius 1 is 1.58 bits per heavy atom. The average Bonchev–Trinajstić information content (AvgIpc) is 1.85. The van der Waals surface area contributed by atoms with Crippen LogP contribution >= 0.6 is 0 Å². The van der Waals surface area contributed by atoms with E-state index in [1.807, 2.05) is 0 Å². The van der Waals surface area contributed by atoms with Crippen molar-refractivity contribution in [3.8, 4) is 0 Å². The molecule has 0 unspecified atom stereocenters. The number of nitrogens with two attached hydrogens (primary N) is 1. The van der Waals surface area contributed by atoms with Crippen LogP contribution in [-0.4, -0.2) is 26.7 Å². The molecule has 0 aliphatic carbocycles. The van der Waals surface area contributed by atoms with Crippen molar-refractivity contribution in [3.05, 3.63) is 12.2 Å². The van der Waals surface area contributed by atoms with Crippen LogP contribution in [0.4, 0.5) is 0 Å². The second-order valence-electron chi connectivity index (χ2n) is 2.20. The molecule has 12 heavy (non-hydrogen) atoms. The monoisotopic (exact) mass is 193 g/mol. The first-order valence-electron chi connectivity index (χ1n) is 3.21. The molecule has 0 bridgehead atoms. The molecule has 0 rings (SSSR count). The number of carbonyl (C=O) groups excluding carboxylic acids is 1. The largest absolute Gasteiger partial charge is 0.348 e. The van der Waals surface area contributed by atoms with E-state index in [-0.39, 0.29) is 17.9 Å². The van der Waals surface area contributed by atoms with Crippen molar-refractivity contribution < 1.29 is 17.4 Å². The second kappa shape index (κ2) is 4.22. The van der Waals surface area contributed by atoms with Crippen molar-refractivity contribution in [1.29, 1.82) is 0 Å². The van der Waals surface area contributed by atoms with Gasteiger partial charge in [-0.1, -0.05) is 6.58 Å². The number of hydrogen-bond acceptors (Lipinski definition) is 5. The van der Waals surface area contributed by atoms with Gasteiger partial charge in [0.1, 0.15) is 0 Å². The van der Waals surface area contributed by atoms with E-state index in [9.17, 15) is 13.2 Å². The fourth-order valence-electron chi connectivity index (χ4n) is 0.372. The first-order chi connectivity index (χ1) is 5.39. The smallest absolute Gasteiger partial charge is 0.342 e. The Balaban J connectivity index is 4.26. The van der Waals surface area contributed by atoms with Crippen molar-refractivity contribution >= 4 is 16.1 Å². The molecule has 0 aliphatic heterocycles. The third-order valence-electron chi connectivity index (χ3n) is 0.919. The summed E-state index contributed by atoms with van der Waals surface area (Å²) in [5.74, 6) is -1.31. The number of hydrogen-bond donors (Lipinski definition) is 1. The van der Waals surface area contributed by atoms with E-state index in [1.54, 1.807) is 0 Å². The molecule has 0 aliphatic rings. The lowest BCUT2D eigenvalue weighted by atomic mass is 10.4. The molecule has 70 valence electrons. The molecule has 0 saturated carbocycles. The molecule has 0 aromatic rings. The predicted octanol–water partition coefficient (Wildman–Crippen LogP) is -0.606. The van der Waals surface area contributed by atoms with E-state index in [4.69, 9.17) is 5.73 Å². The summed E-state index contributed by atoms with van der Waals surface area (Å²) in [6.07, 6.45) is 0. The van der Waals surface area contributed by atoms with E-state index in [1.165, 1.54) is 6.92 Å². The molecule has 0 spiro atoms. The highest BCUT2D eigenvalue weighted by molar-refractivity contribution is 7.87. The Labute approximate surface area is 71.3 Å². The molecule has 0 aromatic heterocycles. The highest BCUT2D eigenvalue weighted by Gasteiger charge is 2.15. The molecule has 6 heteroatoms. The van der Waals surface area contributed by atoms with E-state index in [0.29, 0.717) is 0 Å². The van der Waals surface area contributed by atoms with Crippen LogP contribution in [0.2, 0.25) is 0 Å². The van der Waals surface area contributed by atoms with Crippen LogP contribution in [0.1, 0.15) is 6.92 Å².